The van der Waals surface area contributed by atoms with Crippen molar-refractivity contribution in [2.45, 2.75) is 0 Å². The number of hydrogen-bond donors (Lipinski definition) is 0. The number of rotatable bonds is 4. The first-order valence-corrected chi connectivity index (χ1v) is 17.9. The van der Waals surface area contributed by atoms with Gasteiger partial charge in [0.05, 0.1) is 26.8 Å². The van der Waals surface area contributed by atoms with Gasteiger partial charge < -0.3 is 0 Å². The summed E-state index contributed by atoms with van der Waals surface area (Å²) in [5.74, 6) is 1.78. The second-order valence-electron chi connectivity index (χ2n) is 12.9. The molecule has 5 nitrogen and oxygen atoms in total. The highest BCUT2D eigenvalue weighted by Crippen LogP contribution is 2.43. The molecule has 7 aromatic carbocycles. The Morgan fingerprint density at radius 1 is 0.353 bits per heavy atom. The van der Waals surface area contributed by atoms with E-state index in [4.69, 9.17) is 15.0 Å². The monoisotopic (exact) mass is 669 g/mol. The van der Waals surface area contributed by atoms with Crippen molar-refractivity contribution in [2.75, 3.05) is 0 Å². The van der Waals surface area contributed by atoms with Gasteiger partial charge in [0.2, 0.25) is 11.9 Å². The molecule has 0 saturated heterocycles. The average molecular weight is 670 g/mol. The normalized spacial score (nSPS) is 11.9. The smallest absolute Gasteiger partial charge is 0.240 e. The molecule has 4 aromatic heterocycles. The molecular formula is C45H27N5S. The second kappa shape index (κ2) is 10.9. The summed E-state index contributed by atoms with van der Waals surface area (Å²) in [6.07, 6.45) is 0. The summed E-state index contributed by atoms with van der Waals surface area (Å²) in [5.41, 5.74) is 7.51. The zero-order valence-corrected chi connectivity index (χ0v) is 28.0. The summed E-state index contributed by atoms with van der Waals surface area (Å²) in [6.45, 7) is 0. The van der Waals surface area contributed by atoms with Gasteiger partial charge in [0.25, 0.3) is 0 Å². The summed E-state index contributed by atoms with van der Waals surface area (Å²) in [4.78, 5) is 15.9. The molecule has 0 aliphatic carbocycles. The van der Waals surface area contributed by atoms with Gasteiger partial charge in [-0.3, -0.25) is 9.13 Å². The van der Waals surface area contributed by atoms with Crippen molar-refractivity contribution in [1.29, 1.82) is 0 Å². The molecule has 0 fully saturated rings. The molecule has 11 aromatic rings. The Balaban J connectivity index is 1.24. The fourth-order valence-electron chi connectivity index (χ4n) is 7.70. The van der Waals surface area contributed by atoms with Gasteiger partial charge in [-0.2, -0.15) is 15.0 Å². The number of nitrogens with zero attached hydrogens (tertiary/aromatic N) is 5. The lowest BCUT2D eigenvalue weighted by Crippen LogP contribution is -2.10. The number of benzene rings is 7. The molecular weight excluding hydrogens is 643 g/mol. The van der Waals surface area contributed by atoms with Gasteiger partial charge in [-0.25, -0.2) is 0 Å². The topological polar surface area (TPSA) is 48.5 Å². The fraction of sp³-hybridized carbons (Fsp3) is 0. The number of fused-ring (bicyclic) bond motifs is 10. The zero-order chi connectivity index (χ0) is 33.5. The molecule has 0 amide bonds. The summed E-state index contributed by atoms with van der Waals surface area (Å²) in [7, 11) is 0. The lowest BCUT2D eigenvalue weighted by molar-refractivity contribution is 0.894. The lowest BCUT2D eigenvalue weighted by atomic mass is 10.0. The van der Waals surface area contributed by atoms with Crippen LogP contribution in [-0.2, 0) is 0 Å². The Morgan fingerprint density at radius 2 is 0.843 bits per heavy atom. The lowest BCUT2D eigenvalue weighted by Gasteiger charge is -2.13. The van der Waals surface area contributed by atoms with E-state index >= 15 is 0 Å². The summed E-state index contributed by atoms with van der Waals surface area (Å²) >= 11 is 1.82. The summed E-state index contributed by atoms with van der Waals surface area (Å²) in [5, 5.41) is 7.16. The van der Waals surface area contributed by atoms with Gasteiger partial charge >= 0.3 is 0 Å². The maximum atomic E-state index is 5.38. The van der Waals surface area contributed by atoms with Crippen LogP contribution in [0.4, 0.5) is 0 Å². The molecule has 6 heteroatoms. The van der Waals surface area contributed by atoms with E-state index in [9.17, 15) is 0 Å². The fourth-order valence-corrected chi connectivity index (χ4v) is 8.94. The number of aromatic nitrogens is 5. The molecule has 0 unspecified atom stereocenters. The Bertz CT molecular complexity index is 3080. The minimum Gasteiger partial charge on any atom is -0.278 e. The van der Waals surface area contributed by atoms with E-state index in [1.807, 2.05) is 17.4 Å². The van der Waals surface area contributed by atoms with E-state index in [-0.39, 0.29) is 0 Å². The molecule has 0 atom stereocenters. The van der Waals surface area contributed by atoms with Crippen LogP contribution in [0, 0.1) is 0 Å². The first-order chi connectivity index (χ1) is 25.3. The third-order valence-corrected chi connectivity index (χ3v) is 11.2. The zero-order valence-electron chi connectivity index (χ0n) is 27.2. The maximum absolute atomic E-state index is 5.38. The van der Waals surface area contributed by atoms with E-state index in [2.05, 4.69) is 167 Å². The van der Waals surface area contributed by atoms with Gasteiger partial charge in [-0.15, -0.1) is 11.3 Å². The van der Waals surface area contributed by atoms with Crippen LogP contribution in [0.3, 0.4) is 0 Å². The van der Waals surface area contributed by atoms with E-state index in [0.29, 0.717) is 17.7 Å². The molecule has 238 valence electrons. The quantitative estimate of drug-likeness (QED) is 0.187. The third kappa shape index (κ3) is 4.24. The molecule has 0 N–H and O–H groups in total. The van der Waals surface area contributed by atoms with Gasteiger partial charge in [0.1, 0.15) is 0 Å². The van der Waals surface area contributed by atoms with Gasteiger partial charge in [0, 0.05) is 42.6 Å². The molecule has 0 spiro atoms. The maximum Gasteiger partial charge on any atom is 0.240 e. The van der Waals surface area contributed by atoms with Crippen LogP contribution in [0.15, 0.2) is 164 Å². The number of hydrogen-bond acceptors (Lipinski definition) is 4. The Kier molecular flexibility index (Phi) is 6.05. The van der Waals surface area contributed by atoms with Crippen molar-refractivity contribution in [3.8, 4) is 34.4 Å². The van der Waals surface area contributed by atoms with Crippen molar-refractivity contribution in [1.82, 2.24) is 24.1 Å². The second-order valence-corrected chi connectivity index (χ2v) is 13.9. The first-order valence-electron chi connectivity index (χ1n) is 17.0. The third-order valence-electron chi connectivity index (χ3n) is 10.0. The minimum atomic E-state index is 0.578. The van der Waals surface area contributed by atoms with Crippen LogP contribution in [0.5, 0.6) is 0 Å². The predicted molar refractivity (Wildman–Crippen MR) is 212 cm³/mol. The first kappa shape index (κ1) is 28.2. The summed E-state index contributed by atoms with van der Waals surface area (Å²) in [6, 6.07) is 57.7. The molecule has 51 heavy (non-hydrogen) atoms. The van der Waals surface area contributed by atoms with Crippen LogP contribution in [-0.4, -0.2) is 24.1 Å². The van der Waals surface area contributed by atoms with Crippen LogP contribution >= 0.6 is 11.3 Å². The highest BCUT2D eigenvalue weighted by atomic mass is 32.1. The SMILES string of the molecule is c1ccc(-c2ccc(-c3nc(-n4c5ccccc5c5ccccc54)nc(-n4c5ccccc5c5ccc6c7ccccc7sc6c54)n3)cc2)cc1. The minimum absolute atomic E-state index is 0.578. The molecule has 4 heterocycles. The standard InChI is InChI=1S/C45H27N5S/c1-2-12-28(13-3-1)29-22-24-30(25-23-29)43-46-44(49-37-18-8-4-14-31(37)32-15-5-9-19-38(32)49)48-45(47-43)50-39-20-10-6-16-33(39)35-26-27-36-34-17-7-11-21-40(34)51-42(36)41(35)50/h1-27H. The van der Waals surface area contributed by atoms with E-state index in [1.165, 1.54) is 36.5 Å². The number of thiophene rings is 1. The Morgan fingerprint density at radius 3 is 1.53 bits per heavy atom. The van der Waals surface area contributed by atoms with Crippen molar-refractivity contribution in [3.63, 3.8) is 0 Å². The van der Waals surface area contributed by atoms with Gasteiger partial charge in [-0.05, 0) is 35.4 Å². The largest absolute Gasteiger partial charge is 0.278 e. The molecule has 11 rings (SSSR count). The highest BCUT2D eigenvalue weighted by molar-refractivity contribution is 7.26. The van der Waals surface area contributed by atoms with E-state index in [1.54, 1.807) is 0 Å². The summed E-state index contributed by atoms with van der Waals surface area (Å²) < 4.78 is 6.92. The van der Waals surface area contributed by atoms with Crippen molar-refractivity contribution < 1.29 is 0 Å². The van der Waals surface area contributed by atoms with E-state index < -0.39 is 0 Å². The Labute approximate surface area is 296 Å². The molecule has 0 aliphatic rings. The van der Waals surface area contributed by atoms with Crippen molar-refractivity contribution >= 4 is 75.1 Å². The van der Waals surface area contributed by atoms with Crippen molar-refractivity contribution in [2.24, 2.45) is 0 Å². The average Bonchev–Trinajstić information content (AvgIpc) is 3.86. The van der Waals surface area contributed by atoms with Crippen molar-refractivity contribution in [3.05, 3.63) is 164 Å². The van der Waals surface area contributed by atoms with Crippen LogP contribution in [0.1, 0.15) is 0 Å². The number of para-hydroxylation sites is 3. The van der Waals surface area contributed by atoms with Gasteiger partial charge in [0.15, 0.2) is 5.82 Å². The molecule has 0 saturated carbocycles. The molecule has 0 radical (unpaired) electrons. The van der Waals surface area contributed by atoms with Gasteiger partial charge in [-0.1, -0.05) is 140 Å². The highest BCUT2D eigenvalue weighted by Gasteiger charge is 2.22. The van der Waals surface area contributed by atoms with Crippen LogP contribution < -0.4 is 0 Å². The molecule has 0 aliphatic heterocycles. The Hall–Kier alpha value is -6.63. The molecule has 0 bridgehead atoms. The van der Waals surface area contributed by atoms with Crippen LogP contribution in [0.2, 0.25) is 0 Å². The van der Waals surface area contributed by atoms with E-state index in [0.717, 1.165) is 44.0 Å². The predicted octanol–water partition coefficient (Wildman–Crippen LogP) is 11.8. The van der Waals surface area contributed by atoms with Crippen LogP contribution in [0.25, 0.3) is 98.2 Å².